The van der Waals surface area contributed by atoms with Gasteiger partial charge in [-0.3, -0.25) is 4.79 Å². The number of benzene rings is 1. The molecular weight excluding hydrogens is 346 g/mol. The molecule has 0 radical (unpaired) electrons. The average Bonchev–Trinajstić information content (AvgIpc) is 2.60. The summed E-state index contributed by atoms with van der Waals surface area (Å²) in [6.45, 7) is 0.780. The van der Waals surface area contributed by atoms with Gasteiger partial charge in [0.25, 0.3) is 0 Å². The van der Waals surface area contributed by atoms with Crippen molar-refractivity contribution in [2.75, 3.05) is 11.9 Å². The lowest BCUT2D eigenvalue weighted by molar-refractivity contribution is -0.245. The minimum atomic E-state index is -1.49. The van der Waals surface area contributed by atoms with Crippen molar-refractivity contribution in [1.82, 2.24) is 0 Å². The normalized spacial score (nSPS) is 28.9. The fourth-order valence-corrected chi connectivity index (χ4v) is 2.99. The fraction of sp³-hybridized carbons (Fsp3) is 0.412. The van der Waals surface area contributed by atoms with Crippen molar-refractivity contribution in [3.8, 4) is 0 Å². The van der Waals surface area contributed by atoms with Crippen molar-refractivity contribution >= 4 is 22.4 Å². The quantitative estimate of drug-likeness (QED) is 0.347. The molecule has 1 saturated heterocycles. The summed E-state index contributed by atoms with van der Waals surface area (Å²) < 4.78 is 10.2. The lowest BCUT2D eigenvalue weighted by Crippen LogP contribution is -2.61. The predicted molar refractivity (Wildman–Crippen MR) is 89.9 cm³/mol. The van der Waals surface area contributed by atoms with Crippen LogP contribution in [0, 0.1) is 0 Å². The molecule has 4 unspecified atom stereocenters. The van der Waals surface area contributed by atoms with Crippen LogP contribution in [0.5, 0.6) is 0 Å². The Morgan fingerprint density at radius 3 is 2.58 bits per heavy atom. The molecule has 9 heteroatoms. The van der Waals surface area contributed by atoms with E-state index in [-0.39, 0.29) is 16.9 Å². The van der Waals surface area contributed by atoms with Gasteiger partial charge in [-0.2, -0.15) is 0 Å². The Morgan fingerprint density at radius 1 is 1.19 bits per heavy atom. The van der Waals surface area contributed by atoms with Crippen LogP contribution >= 0.6 is 0 Å². The molecular formula is C17H19NO8. The van der Waals surface area contributed by atoms with Crippen LogP contribution in [0.4, 0.5) is 5.69 Å². The van der Waals surface area contributed by atoms with E-state index in [9.17, 15) is 24.9 Å². The molecule has 1 aromatic carbocycles. The molecule has 5 N–H and O–H groups in total. The Balaban J connectivity index is 1.92. The third-order valence-electron chi connectivity index (χ3n) is 4.36. The second kappa shape index (κ2) is 7.14. The van der Waals surface area contributed by atoms with Gasteiger partial charge in [-0.15, -0.1) is 0 Å². The number of hydrogen-bond donors (Lipinski definition) is 5. The number of ether oxygens (including phenoxy) is 1. The van der Waals surface area contributed by atoms with Crippen LogP contribution in [0.25, 0.3) is 11.0 Å². The molecule has 140 valence electrons. The highest BCUT2D eigenvalue weighted by molar-refractivity contribution is 6.05. The van der Waals surface area contributed by atoms with Crippen LogP contribution in [-0.4, -0.2) is 63.5 Å². The maximum absolute atomic E-state index is 11.7. The van der Waals surface area contributed by atoms with Gasteiger partial charge >= 0.3 is 5.63 Å². The predicted octanol–water partition coefficient (Wildman–Crippen LogP) is -0.793. The highest BCUT2D eigenvalue weighted by Crippen LogP contribution is 2.26. The minimum absolute atomic E-state index is 0.155. The lowest BCUT2D eigenvalue weighted by Gasteiger charge is -2.40. The van der Waals surface area contributed by atoms with E-state index in [1.54, 1.807) is 12.1 Å². The third kappa shape index (κ3) is 3.35. The summed E-state index contributed by atoms with van der Waals surface area (Å²) in [6.07, 6.45) is -5.41. The second-order valence-electron chi connectivity index (χ2n) is 6.15. The first kappa shape index (κ1) is 18.5. The number of aliphatic hydroxyl groups excluding tert-OH is 4. The van der Waals surface area contributed by atoms with Crippen molar-refractivity contribution in [3.63, 3.8) is 0 Å². The van der Waals surface area contributed by atoms with Crippen molar-refractivity contribution in [2.45, 2.75) is 37.6 Å². The number of aliphatic hydroxyl groups is 4. The van der Waals surface area contributed by atoms with Crippen LogP contribution in [0.3, 0.4) is 0 Å². The first-order valence-electron chi connectivity index (χ1n) is 7.97. The number of nitrogens with one attached hydrogen (secondary N) is 1. The Kier molecular flexibility index (Phi) is 5.08. The summed E-state index contributed by atoms with van der Waals surface area (Å²) in [4.78, 5) is 23.3. The van der Waals surface area contributed by atoms with Crippen molar-refractivity contribution in [1.29, 1.82) is 0 Å². The zero-order chi connectivity index (χ0) is 19.0. The van der Waals surface area contributed by atoms with Gasteiger partial charge in [0.2, 0.25) is 0 Å². The van der Waals surface area contributed by atoms with Crippen LogP contribution < -0.4 is 10.9 Å². The van der Waals surface area contributed by atoms with Crippen LogP contribution in [0.1, 0.15) is 17.3 Å². The van der Waals surface area contributed by atoms with Crippen LogP contribution in [0.2, 0.25) is 0 Å². The van der Waals surface area contributed by atoms with Gasteiger partial charge in [-0.1, -0.05) is 0 Å². The summed E-state index contributed by atoms with van der Waals surface area (Å²) >= 11 is 0. The van der Waals surface area contributed by atoms with Crippen molar-refractivity contribution in [2.24, 2.45) is 0 Å². The molecule has 2 heterocycles. The molecule has 1 fully saturated rings. The maximum atomic E-state index is 11.7. The van der Waals surface area contributed by atoms with E-state index in [1.165, 1.54) is 13.0 Å². The SMILES string of the molecule is CC(=O)c1cc(=O)oc2cc(NC3C(O)OC(CO)[C@H](O)C3O)ccc12. The average molecular weight is 365 g/mol. The van der Waals surface area contributed by atoms with Gasteiger partial charge in [0.05, 0.1) is 6.61 Å². The van der Waals surface area contributed by atoms with E-state index in [4.69, 9.17) is 14.3 Å². The number of rotatable bonds is 4. The second-order valence-corrected chi connectivity index (χ2v) is 6.15. The summed E-state index contributed by atoms with van der Waals surface area (Å²) in [5, 5.41) is 42.4. The first-order valence-corrected chi connectivity index (χ1v) is 7.97. The third-order valence-corrected chi connectivity index (χ3v) is 4.36. The van der Waals surface area contributed by atoms with Gasteiger partial charge in [0.15, 0.2) is 12.1 Å². The molecule has 0 spiro atoms. The monoisotopic (exact) mass is 365 g/mol. The van der Waals surface area contributed by atoms with Gasteiger partial charge in [0, 0.05) is 28.8 Å². The lowest BCUT2D eigenvalue weighted by atomic mass is 9.96. The molecule has 3 rings (SSSR count). The summed E-state index contributed by atoms with van der Waals surface area (Å²) in [6, 6.07) is 4.59. The number of fused-ring (bicyclic) bond motifs is 1. The first-order chi connectivity index (χ1) is 12.3. The van der Waals surface area contributed by atoms with Gasteiger partial charge in [-0.25, -0.2) is 4.79 Å². The van der Waals surface area contributed by atoms with Gasteiger partial charge in [0.1, 0.15) is 29.9 Å². The Bertz CT molecular complexity index is 879. The Morgan fingerprint density at radius 2 is 1.92 bits per heavy atom. The van der Waals surface area contributed by atoms with Crippen molar-refractivity contribution < 1.29 is 34.4 Å². The fourth-order valence-electron chi connectivity index (χ4n) is 2.99. The largest absolute Gasteiger partial charge is 0.423 e. The summed E-state index contributed by atoms with van der Waals surface area (Å²) in [7, 11) is 0. The minimum Gasteiger partial charge on any atom is -0.423 e. The molecule has 5 atom stereocenters. The number of ketones is 1. The van der Waals surface area contributed by atoms with Crippen molar-refractivity contribution in [3.05, 3.63) is 40.2 Å². The van der Waals surface area contributed by atoms with E-state index in [1.807, 2.05) is 0 Å². The molecule has 26 heavy (non-hydrogen) atoms. The standard InChI is InChI=1S/C17H19NO8/c1-7(20)10-5-13(21)25-11-4-8(2-3-9(10)11)18-14-16(23)15(22)12(6-19)26-17(14)24/h2-5,12,14-19,22-24H,6H2,1H3/t12?,14?,15-,16?,17?/m0/s1. The van der Waals surface area contributed by atoms with E-state index in [0.717, 1.165) is 6.07 Å². The van der Waals surface area contributed by atoms with E-state index >= 15 is 0 Å². The topological polar surface area (TPSA) is 149 Å². The highest BCUT2D eigenvalue weighted by atomic mass is 16.6. The summed E-state index contributed by atoms with van der Waals surface area (Å²) in [5.41, 5.74) is 0.0668. The zero-order valence-corrected chi connectivity index (χ0v) is 13.8. The zero-order valence-electron chi connectivity index (χ0n) is 13.8. The Hall–Kier alpha value is -2.30. The van der Waals surface area contributed by atoms with Gasteiger partial charge < -0.3 is 34.9 Å². The smallest absolute Gasteiger partial charge is 0.336 e. The summed E-state index contributed by atoms with van der Waals surface area (Å²) in [5.74, 6) is -0.284. The number of hydrogen-bond acceptors (Lipinski definition) is 9. The molecule has 0 amide bonds. The molecule has 1 aliphatic heterocycles. The molecule has 1 aliphatic rings. The van der Waals surface area contributed by atoms with Crippen LogP contribution in [0.15, 0.2) is 33.5 Å². The number of carbonyl (C=O) groups excluding carboxylic acids is 1. The molecule has 2 aromatic rings. The van der Waals surface area contributed by atoms with Crippen LogP contribution in [-0.2, 0) is 4.74 Å². The van der Waals surface area contributed by atoms with E-state index in [0.29, 0.717) is 11.1 Å². The molecule has 0 aliphatic carbocycles. The maximum Gasteiger partial charge on any atom is 0.336 e. The number of Topliss-reactive ketones (excluding diaryl/α,β-unsaturated/α-hetero) is 1. The highest BCUT2D eigenvalue weighted by Gasteiger charge is 2.43. The molecule has 9 nitrogen and oxygen atoms in total. The Labute approximate surface area is 147 Å². The van der Waals surface area contributed by atoms with E-state index < -0.39 is 42.9 Å². The molecule has 1 aromatic heterocycles. The molecule has 0 bridgehead atoms. The number of carbonyl (C=O) groups is 1. The van der Waals surface area contributed by atoms with Gasteiger partial charge in [-0.05, 0) is 19.1 Å². The van der Waals surface area contributed by atoms with E-state index in [2.05, 4.69) is 5.32 Å². The number of anilines is 1. The molecule has 0 saturated carbocycles.